The number of nitrogens with one attached hydrogen (secondary N) is 2. The molecule has 2 unspecified atom stereocenters. The van der Waals surface area contributed by atoms with Crippen LogP contribution in [-0.2, 0) is 4.79 Å². The van der Waals surface area contributed by atoms with Crippen molar-refractivity contribution < 1.29 is 13.6 Å². The van der Waals surface area contributed by atoms with E-state index in [0.29, 0.717) is 6.54 Å². The summed E-state index contributed by atoms with van der Waals surface area (Å²) in [5, 5.41) is 4.41. The second-order valence-corrected chi connectivity index (χ2v) is 8.36. The lowest BCUT2D eigenvalue weighted by molar-refractivity contribution is -0.129. The number of hydrogen-bond donors (Lipinski definition) is 2. The fraction of sp³-hybridized carbons (Fsp3) is 0.591. The largest absolute Gasteiger partial charge is 0.365 e. The maximum absolute atomic E-state index is 12.4. The summed E-state index contributed by atoms with van der Waals surface area (Å²) < 4.78 is 24.9. The van der Waals surface area contributed by atoms with Crippen LogP contribution in [0.1, 0.15) is 52.4 Å². The molecule has 0 radical (unpaired) electrons. The summed E-state index contributed by atoms with van der Waals surface area (Å²) in [6.45, 7) is 7.35. The number of aromatic amines is 1. The number of halogens is 2. The van der Waals surface area contributed by atoms with E-state index in [2.05, 4.69) is 33.8 Å². The summed E-state index contributed by atoms with van der Waals surface area (Å²) in [6, 6.07) is 2.40. The number of carbonyl (C=O) groups excluding carboxylic acids is 1. The number of aromatic nitrogens is 3. The first-order valence-corrected chi connectivity index (χ1v) is 10.6. The fourth-order valence-corrected chi connectivity index (χ4v) is 4.26. The average molecular weight is 420 g/mol. The van der Waals surface area contributed by atoms with Crippen LogP contribution in [0.4, 0.5) is 14.6 Å². The van der Waals surface area contributed by atoms with Gasteiger partial charge in [0.1, 0.15) is 17.8 Å². The first-order chi connectivity index (χ1) is 14.3. The van der Waals surface area contributed by atoms with Gasteiger partial charge in [0.25, 0.3) is 0 Å². The number of piperidine rings is 1. The smallest absolute Gasteiger partial charge is 0.248 e. The number of fused-ring (bicyclic) bond motifs is 1. The first-order valence-electron chi connectivity index (χ1n) is 10.6. The lowest BCUT2D eigenvalue weighted by Crippen LogP contribution is -2.49. The molecule has 1 aliphatic heterocycles. The van der Waals surface area contributed by atoms with Gasteiger partial charge in [-0.2, -0.15) is 0 Å². The van der Waals surface area contributed by atoms with Crippen molar-refractivity contribution in [2.75, 3.05) is 11.9 Å². The molecule has 1 saturated heterocycles. The van der Waals surface area contributed by atoms with Gasteiger partial charge in [0.05, 0.1) is 5.39 Å². The van der Waals surface area contributed by atoms with Crippen LogP contribution in [0, 0.1) is 5.92 Å². The van der Waals surface area contributed by atoms with Crippen molar-refractivity contribution in [3.05, 3.63) is 31.2 Å². The minimum absolute atomic E-state index is 0.0107. The highest BCUT2D eigenvalue weighted by Crippen LogP contribution is 2.37. The van der Waals surface area contributed by atoms with Crippen molar-refractivity contribution in [1.82, 2.24) is 19.9 Å². The van der Waals surface area contributed by atoms with Gasteiger partial charge in [-0.15, -0.1) is 0 Å². The molecule has 164 valence electrons. The Labute approximate surface area is 176 Å². The van der Waals surface area contributed by atoms with Gasteiger partial charge in [-0.3, -0.25) is 4.79 Å². The van der Waals surface area contributed by atoms with E-state index in [1.54, 1.807) is 6.33 Å². The third-order valence-electron chi connectivity index (χ3n) is 6.11. The lowest BCUT2D eigenvalue weighted by atomic mass is 9.99. The summed E-state index contributed by atoms with van der Waals surface area (Å²) in [7, 11) is 0. The lowest BCUT2D eigenvalue weighted by Gasteiger charge is -2.38. The molecule has 2 aromatic heterocycles. The summed E-state index contributed by atoms with van der Waals surface area (Å²) in [5.74, 6) is -1.94. The number of nitrogens with zero attached hydrogens (tertiary/aromatic N) is 3. The molecule has 1 saturated carbocycles. The summed E-state index contributed by atoms with van der Waals surface area (Å²) in [6.07, 6.45) is 10.2. The summed E-state index contributed by atoms with van der Waals surface area (Å²) >= 11 is 0. The van der Waals surface area contributed by atoms with Crippen LogP contribution in [0.2, 0.25) is 0 Å². The Balaban J connectivity index is 0.000000239. The molecule has 2 aliphatic rings. The number of rotatable bonds is 4. The van der Waals surface area contributed by atoms with Crippen molar-refractivity contribution in [3.63, 3.8) is 0 Å². The Hall–Kier alpha value is -2.51. The number of likely N-dealkylation sites (tertiary alicyclic amines) is 1. The van der Waals surface area contributed by atoms with Crippen LogP contribution in [0.15, 0.2) is 31.2 Å². The van der Waals surface area contributed by atoms with E-state index >= 15 is 0 Å². The van der Waals surface area contributed by atoms with Crippen molar-refractivity contribution in [1.29, 1.82) is 0 Å². The Kier molecular flexibility index (Phi) is 7.05. The monoisotopic (exact) mass is 419 g/mol. The molecule has 0 aromatic carbocycles. The number of carbonyl (C=O) groups is 1. The van der Waals surface area contributed by atoms with E-state index in [-0.39, 0.29) is 23.9 Å². The number of amides is 1. The standard InChI is InChI=1S/C15H19N5O.C7H12F2/c1-3-13(21)20-8-11(5-4-10(20)2)19-15-12-6-7-16-14(12)17-9-18-15;1-7(8,9)6-4-2-3-5-6/h3,6-7,9-11H,1,4-5,8H2,2H3,(H2,16,17,18,19);6H,2-5H2,1H3. The Bertz CT molecular complexity index is 857. The van der Waals surface area contributed by atoms with Gasteiger partial charge in [0, 0.05) is 30.7 Å². The molecule has 1 amide bonds. The zero-order valence-electron chi connectivity index (χ0n) is 17.7. The number of alkyl halides is 2. The highest BCUT2D eigenvalue weighted by molar-refractivity contribution is 5.88. The fourth-order valence-electron chi connectivity index (χ4n) is 4.26. The summed E-state index contributed by atoms with van der Waals surface area (Å²) in [5.41, 5.74) is 0.815. The molecular formula is C22H31F2N5O. The van der Waals surface area contributed by atoms with E-state index in [1.165, 1.54) is 6.08 Å². The van der Waals surface area contributed by atoms with Gasteiger partial charge in [-0.1, -0.05) is 19.4 Å². The summed E-state index contributed by atoms with van der Waals surface area (Å²) in [4.78, 5) is 25.3. The van der Waals surface area contributed by atoms with Gasteiger partial charge in [0.15, 0.2) is 0 Å². The third-order valence-corrected chi connectivity index (χ3v) is 6.11. The van der Waals surface area contributed by atoms with Crippen molar-refractivity contribution in [2.24, 2.45) is 5.92 Å². The molecule has 3 heterocycles. The molecule has 2 fully saturated rings. The van der Waals surface area contributed by atoms with E-state index in [0.717, 1.165) is 62.3 Å². The Morgan fingerprint density at radius 1 is 1.30 bits per heavy atom. The molecular weight excluding hydrogens is 388 g/mol. The Morgan fingerprint density at radius 3 is 2.67 bits per heavy atom. The predicted molar refractivity (Wildman–Crippen MR) is 114 cm³/mol. The molecule has 30 heavy (non-hydrogen) atoms. The van der Waals surface area contributed by atoms with Crippen molar-refractivity contribution in [3.8, 4) is 0 Å². The number of anilines is 1. The van der Waals surface area contributed by atoms with Gasteiger partial charge in [-0.05, 0) is 51.7 Å². The van der Waals surface area contributed by atoms with Crippen LogP contribution in [-0.4, -0.2) is 50.3 Å². The molecule has 0 bridgehead atoms. The molecule has 8 heteroatoms. The van der Waals surface area contributed by atoms with Crippen molar-refractivity contribution in [2.45, 2.75) is 70.4 Å². The van der Waals surface area contributed by atoms with E-state index < -0.39 is 5.92 Å². The zero-order chi connectivity index (χ0) is 21.7. The highest BCUT2D eigenvalue weighted by Gasteiger charge is 2.35. The zero-order valence-corrected chi connectivity index (χ0v) is 17.7. The molecule has 6 nitrogen and oxygen atoms in total. The van der Waals surface area contributed by atoms with Crippen LogP contribution in [0.3, 0.4) is 0 Å². The minimum Gasteiger partial charge on any atom is -0.365 e. The van der Waals surface area contributed by atoms with E-state index in [4.69, 9.17) is 0 Å². The van der Waals surface area contributed by atoms with Crippen LogP contribution in [0.25, 0.3) is 11.0 Å². The molecule has 4 rings (SSSR count). The second-order valence-electron chi connectivity index (χ2n) is 8.36. The maximum atomic E-state index is 12.4. The van der Waals surface area contributed by atoms with Gasteiger partial charge < -0.3 is 15.2 Å². The van der Waals surface area contributed by atoms with Crippen LogP contribution >= 0.6 is 0 Å². The van der Waals surface area contributed by atoms with Crippen LogP contribution < -0.4 is 5.32 Å². The molecule has 2 aromatic rings. The van der Waals surface area contributed by atoms with Gasteiger partial charge in [-0.25, -0.2) is 18.7 Å². The first kappa shape index (κ1) is 22.2. The van der Waals surface area contributed by atoms with E-state index in [9.17, 15) is 13.6 Å². The average Bonchev–Trinajstić information content (AvgIpc) is 3.41. The molecule has 2 N–H and O–H groups in total. The van der Waals surface area contributed by atoms with Crippen LogP contribution in [0.5, 0.6) is 0 Å². The van der Waals surface area contributed by atoms with Crippen molar-refractivity contribution >= 4 is 22.8 Å². The molecule has 0 spiro atoms. The quantitative estimate of drug-likeness (QED) is 0.701. The highest BCUT2D eigenvalue weighted by atomic mass is 19.3. The van der Waals surface area contributed by atoms with Gasteiger partial charge >= 0.3 is 0 Å². The Morgan fingerprint density at radius 2 is 2.03 bits per heavy atom. The number of hydrogen-bond acceptors (Lipinski definition) is 4. The second kappa shape index (κ2) is 9.53. The molecule has 2 atom stereocenters. The predicted octanol–water partition coefficient (Wildman–Crippen LogP) is 4.77. The SMILES string of the molecule is C=CC(=O)N1CC(Nc2ncnc3[nH]ccc23)CCC1C.CC(F)(F)C1CCCC1. The van der Waals surface area contributed by atoms with E-state index in [1.807, 2.05) is 17.2 Å². The maximum Gasteiger partial charge on any atom is 0.248 e. The third kappa shape index (κ3) is 5.34. The van der Waals surface area contributed by atoms with Gasteiger partial charge in [0.2, 0.25) is 11.8 Å². The molecule has 1 aliphatic carbocycles. The normalized spacial score (nSPS) is 22.5. The minimum atomic E-state index is -2.42. The topological polar surface area (TPSA) is 73.9 Å². The number of H-pyrrole nitrogens is 1.